The molecule has 0 spiro atoms. The average Bonchev–Trinajstić information content (AvgIpc) is 2.30. The molecule has 0 amide bonds. The second kappa shape index (κ2) is 4.29. The average molecular weight is 206 g/mol. The Morgan fingerprint density at radius 1 is 1.53 bits per heavy atom. The van der Waals surface area contributed by atoms with E-state index in [9.17, 15) is 4.79 Å². The summed E-state index contributed by atoms with van der Waals surface area (Å²) in [5, 5.41) is 9.11. The standard InChI is InChI=1S/C11H14N2O2/c14-11(15)10-5-1-2-7-13(10)9-4-3-6-12-8-9/h3-4,6,8,10H,1-2,5,7H2,(H,14,15)/t10-/m0/s1. The quantitative estimate of drug-likeness (QED) is 0.797. The Morgan fingerprint density at radius 2 is 2.40 bits per heavy atom. The molecule has 0 saturated carbocycles. The molecule has 1 N–H and O–H groups in total. The number of aliphatic carboxylic acids is 1. The van der Waals surface area contributed by atoms with Gasteiger partial charge in [0.2, 0.25) is 0 Å². The Hall–Kier alpha value is -1.58. The van der Waals surface area contributed by atoms with Gasteiger partial charge < -0.3 is 10.0 Å². The summed E-state index contributed by atoms with van der Waals surface area (Å²) in [7, 11) is 0. The molecule has 80 valence electrons. The number of aromatic nitrogens is 1. The molecule has 0 bridgehead atoms. The highest BCUT2D eigenvalue weighted by Gasteiger charge is 2.28. The summed E-state index contributed by atoms with van der Waals surface area (Å²) in [5.41, 5.74) is 0.907. The maximum absolute atomic E-state index is 11.1. The van der Waals surface area contributed by atoms with E-state index in [-0.39, 0.29) is 6.04 Å². The first-order valence-corrected chi connectivity index (χ1v) is 5.18. The maximum Gasteiger partial charge on any atom is 0.326 e. The first-order valence-electron chi connectivity index (χ1n) is 5.18. The molecule has 1 aromatic rings. The van der Waals surface area contributed by atoms with Crippen molar-refractivity contribution in [2.45, 2.75) is 25.3 Å². The minimum absolute atomic E-state index is 0.386. The molecule has 1 fully saturated rings. The van der Waals surface area contributed by atoms with Crippen molar-refractivity contribution in [3.63, 3.8) is 0 Å². The minimum atomic E-state index is -0.737. The largest absolute Gasteiger partial charge is 0.480 e. The number of piperidine rings is 1. The molecule has 0 radical (unpaired) electrons. The van der Waals surface area contributed by atoms with Gasteiger partial charge in [-0.05, 0) is 31.4 Å². The SMILES string of the molecule is O=C(O)[C@@H]1CCCCN1c1cccnc1. The van der Waals surface area contributed by atoms with Gasteiger partial charge in [0.15, 0.2) is 0 Å². The topological polar surface area (TPSA) is 53.4 Å². The van der Waals surface area contributed by atoms with Crippen molar-refractivity contribution in [2.24, 2.45) is 0 Å². The van der Waals surface area contributed by atoms with Crippen molar-refractivity contribution in [3.8, 4) is 0 Å². The molecule has 1 aliphatic heterocycles. The van der Waals surface area contributed by atoms with Crippen molar-refractivity contribution >= 4 is 11.7 Å². The smallest absolute Gasteiger partial charge is 0.326 e. The van der Waals surface area contributed by atoms with Crippen molar-refractivity contribution in [1.29, 1.82) is 0 Å². The number of anilines is 1. The van der Waals surface area contributed by atoms with Crippen molar-refractivity contribution in [2.75, 3.05) is 11.4 Å². The molecule has 4 heteroatoms. The van der Waals surface area contributed by atoms with Crippen LogP contribution < -0.4 is 4.90 Å². The van der Waals surface area contributed by atoms with Crippen molar-refractivity contribution < 1.29 is 9.90 Å². The van der Waals surface area contributed by atoms with Gasteiger partial charge in [0.25, 0.3) is 0 Å². The minimum Gasteiger partial charge on any atom is -0.480 e. The summed E-state index contributed by atoms with van der Waals surface area (Å²) in [4.78, 5) is 17.0. The molecule has 0 unspecified atom stereocenters. The fourth-order valence-electron chi connectivity index (χ4n) is 2.02. The predicted molar refractivity (Wildman–Crippen MR) is 56.9 cm³/mol. The van der Waals surface area contributed by atoms with Crippen LogP contribution in [0.5, 0.6) is 0 Å². The van der Waals surface area contributed by atoms with Gasteiger partial charge in [-0.3, -0.25) is 4.98 Å². The number of carboxylic acid groups (broad SMARTS) is 1. The second-order valence-electron chi connectivity index (χ2n) is 3.75. The summed E-state index contributed by atoms with van der Waals surface area (Å²) < 4.78 is 0. The Labute approximate surface area is 88.6 Å². The number of nitrogens with zero attached hydrogens (tertiary/aromatic N) is 2. The van der Waals surface area contributed by atoms with E-state index in [0.717, 1.165) is 31.5 Å². The maximum atomic E-state index is 11.1. The van der Waals surface area contributed by atoms with E-state index in [0.29, 0.717) is 0 Å². The lowest BCUT2D eigenvalue weighted by Crippen LogP contribution is -2.44. The van der Waals surface area contributed by atoms with Crippen molar-refractivity contribution in [3.05, 3.63) is 24.5 Å². The summed E-state index contributed by atoms with van der Waals surface area (Å²) >= 11 is 0. The molecule has 1 atom stereocenters. The first kappa shape index (κ1) is 9.96. The monoisotopic (exact) mass is 206 g/mol. The predicted octanol–water partition coefficient (Wildman–Crippen LogP) is 1.53. The van der Waals surface area contributed by atoms with Gasteiger partial charge in [-0.2, -0.15) is 0 Å². The van der Waals surface area contributed by atoms with E-state index >= 15 is 0 Å². The number of pyridine rings is 1. The van der Waals surface area contributed by atoms with Crippen LogP contribution in [0.4, 0.5) is 5.69 Å². The summed E-state index contributed by atoms with van der Waals surface area (Å²) in [6.45, 7) is 0.808. The van der Waals surface area contributed by atoms with E-state index in [4.69, 9.17) is 5.11 Å². The Balaban J connectivity index is 2.22. The zero-order valence-electron chi connectivity index (χ0n) is 8.47. The number of hydrogen-bond donors (Lipinski definition) is 1. The third kappa shape index (κ3) is 2.09. The first-order chi connectivity index (χ1) is 7.29. The van der Waals surface area contributed by atoms with Crippen LogP contribution in [0.15, 0.2) is 24.5 Å². The van der Waals surface area contributed by atoms with Gasteiger partial charge in [-0.1, -0.05) is 0 Å². The molecule has 1 saturated heterocycles. The lowest BCUT2D eigenvalue weighted by Gasteiger charge is -2.34. The highest BCUT2D eigenvalue weighted by atomic mass is 16.4. The molecule has 0 aliphatic carbocycles. The van der Waals surface area contributed by atoms with Crippen LogP contribution in [0.2, 0.25) is 0 Å². The summed E-state index contributed by atoms with van der Waals surface area (Å²) in [6.07, 6.45) is 6.20. The normalized spacial score (nSPS) is 21.3. The third-order valence-electron chi connectivity index (χ3n) is 2.77. The van der Waals surface area contributed by atoms with Crippen LogP contribution in [-0.4, -0.2) is 28.6 Å². The third-order valence-corrected chi connectivity index (χ3v) is 2.77. The molecule has 0 aromatic carbocycles. The van der Waals surface area contributed by atoms with Crippen LogP contribution in [-0.2, 0) is 4.79 Å². The molecule has 4 nitrogen and oxygen atoms in total. The van der Waals surface area contributed by atoms with Crippen LogP contribution in [0.3, 0.4) is 0 Å². The lowest BCUT2D eigenvalue weighted by atomic mass is 10.0. The van der Waals surface area contributed by atoms with E-state index < -0.39 is 5.97 Å². The number of hydrogen-bond acceptors (Lipinski definition) is 3. The molecular weight excluding hydrogens is 192 g/mol. The highest BCUT2D eigenvalue weighted by Crippen LogP contribution is 2.23. The van der Waals surface area contributed by atoms with E-state index in [2.05, 4.69) is 4.98 Å². The molecular formula is C11H14N2O2. The number of carbonyl (C=O) groups is 1. The van der Waals surface area contributed by atoms with Gasteiger partial charge >= 0.3 is 5.97 Å². The van der Waals surface area contributed by atoms with E-state index in [1.54, 1.807) is 12.4 Å². The fourth-order valence-corrected chi connectivity index (χ4v) is 2.02. The van der Waals surface area contributed by atoms with Gasteiger partial charge in [-0.25, -0.2) is 4.79 Å². The zero-order valence-corrected chi connectivity index (χ0v) is 8.47. The number of rotatable bonds is 2. The van der Waals surface area contributed by atoms with E-state index in [1.807, 2.05) is 17.0 Å². The Morgan fingerprint density at radius 3 is 3.07 bits per heavy atom. The Bertz CT molecular complexity index is 340. The molecule has 1 aliphatic rings. The van der Waals surface area contributed by atoms with Crippen molar-refractivity contribution in [1.82, 2.24) is 4.98 Å². The van der Waals surface area contributed by atoms with Gasteiger partial charge in [0.1, 0.15) is 6.04 Å². The second-order valence-corrected chi connectivity index (χ2v) is 3.75. The summed E-state index contributed by atoms with van der Waals surface area (Å²) in [5.74, 6) is -0.737. The van der Waals surface area contributed by atoms with Gasteiger partial charge in [0, 0.05) is 12.7 Å². The molecule has 15 heavy (non-hydrogen) atoms. The van der Waals surface area contributed by atoms with Crippen LogP contribution in [0.1, 0.15) is 19.3 Å². The van der Waals surface area contributed by atoms with Crippen LogP contribution in [0.25, 0.3) is 0 Å². The zero-order chi connectivity index (χ0) is 10.7. The van der Waals surface area contributed by atoms with Gasteiger partial charge in [0.05, 0.1) is 11.9 Å². The molecule has 2 heterocycles. The molecule has 2 rings (SSSR count). The van der Waals surface area contributed by atoms with Gasteiger partial charge in [-0.15, -0.1) is 0 Å². The summed E-state index contributed by atoms with van der Waals surface area (Å²) in [6, 6.07) is 3.36. The lowest BCUT2D eigenvalue weighted by molar-refractivity contribution is -0.139. The molecule has 1 aromatic heterocycles. The highest BCUT2D eigenvalue weighted by molar-refractivity contribution is 5.78. The number of carboxylic acids is 1. The van der Waals surface area contributed by atoms with E-state index in [1.165, 1.54) is 0 Å². The van der Waals surface area contributed by atoms with Crippen LogP contribution in [0, 0.1) is 0 Å². The fraction of sp³-hybridized carbons (Fsp3) is 0.455. The van der Waals surface area contributed by atoms with Crippen LogP contribution >= 0.6 is 0 Å². The Kier molecular flexibility index (Phi) is 2.85.